The number of benzene rings is 1. The molecule has 0 spiro atoms. The quantitative estimate of drug-likeness (QED) is 0.852. The molecule has 0 saturated carbocycles. The Morgan fingerprint density at radius 1 is 1.20 bits per heavy atom. The minimum atomic E-state index is -3.96. The topological polar surface area (TPSA) is 76.1 Å². The van der Waals surface area contributed by atoms with Crippen LogP contribution in [0.25, 0.3) is 10.9 Å². The van der Waals surface area contributed by atoms with Gasteiger partial charge in [0.05, 0.1) is 5.52 Å². The van der Waals surface area contributed by atoms with Crippen molar-refractivity contribution in [2.45, 2.75) is 44.9 Å². The molecule has 6 heteroatoms. The molecule has 25 heavy (non-hydrogen) atoms. The number of pyridine rings is 1. The van der Waals surface area contributed by atoms with Gasteiger partial charge in [-0.2, -0.15) is 0 Å². The number of aryl methyl sites for hydroxylation is 1. The van der Waals surface area contributed by atoms with Crippen LogP contribution in [0.3, 0.4) is 0 Å². The van der Waals surface area contributed by atoms with Gasteiger partial charge in [-0.15, -0.1) is 0 Å². The first kappa shape index (κ1) is 17.6. The Balaban J connectivity index is 1.89. The van der Waals surface area contributed by atoms with Crippen LogP contribution in [0.15, 0.2) is 46.5 Å². The lowest BCUT2D eigenvalue weighted by Crippen LogP contribution is -2.36. The molecule has 0 fully saturated rings. The lowest BCUT2D eigenvalue weighted by molar-refractivity contribution is -0.123. The number of carbonyl (C=O) groups is 1. The highest BCUT2D eigenvalue weighted by Gasteiger charge is 2.28. The molecule has 0 aliphatic heterocycles. The maximum Gasteiger partial charge on any atom is 0.266 e. The molecule has 3 rings (SSSR count). The summed E-state index contributed by atoms with van der Waals surface area (Å²) in [5, 5.41) is 0.738. The summed E-state index contributed by atoms with van der Waals surface area (Å²) in [6.07, 6.45) is 3.75. The van der Waals surface area contributed by atoms with Gasteiger partial charge in [0.2, 0.25) is 5.91 Å². The minimum absolute atomic E-state index is 0.0394. The summed E-state index contributed by atoms with van der Waals surface area (Å²) >= 11 is 0. The number of fused-ring (bicyclic) bond motifs is 1. The van der Waals surface area contributed by atoms with Crippen LogP contribution in [-0.2, 0) is 14.8 Å². The molecule has 1 aliphatic rings. The number of hydrogen-bond acceptors (Lipinski definition) is 4. The van der Waals surface area contributed by atoms with Gasteiger partial charge >= 0.3 is 0 Å². The summed E-state index contributed by atoms with van der Waals surface area (Å²) in [5.41, 5.74) is 3.79. The molecule has 1 N–H and O–H groups in total. The number of rotatable bonds is 3. The number of aromatic nitrogens is 1. The van der Waals surface area contributed by atoms with Crippen molar-refractivity contribution in [2.24, 2.45) is 5.92 Å². The van der Waals surface area contributed by atoms with E-state index in [1.807, 2.05) is 26.0 Å². The third-order valence-corrected chi connectivity index (χ3v) is 6.23. The normalized spacial score (nSPS) is 18.4. The zero-order chi connectivity index (χ0) is 18.2. The average Bonchev–Trinajstić information content (AvgIpc) is 2.56. The number of nitrogens with one attached hydrogen (secondary N) is 1. The third-order valence-electron chi connectivity index (χ3n) is 4.85. The number of allylic oxidation sites excluding steroid dienone is 2. The van der Waals surface area contributed by atoms with Crippen molar-refractivity contribution in [3.8, 4) is 0 Å². The largest absolute Gasteiger partial charge is 0.274 e. The van der Waals surface area contributed by atoms with Gasteiger partial charge in [-0.05, 0) is 57.7 Å². The molecular formula is C19H22N2O3S. The van der Waals surface area contributed by atoms with Crippen LogP contribution in [0.1, 0.15) is 38.7 Å². The fourth-order valence-corrected chi connectivity index (χ4v) is 4.43. The summed E-state index contributed by atoms with van der Waals surface area (Å²) in [6.45, 7) is 5.96. The van der Waals surface area contributed by atoms with Crippen molar-refractivity contribution in [3.63, 3.8) is 0 Å². The molecule has 0 saturated heterocycles. The highest BCUT2D eigenvalue weighted by Crippen LogP contribution is 2.29. The first-order valence-corrected chi connectivity index (χ1v) is 9.83. The molecule has 1 unspecified atom stereocenters. The summed E-state index contributed by atoms with van der Waals surface area (Å²) in [4.78, 5) is 16.8. The Morgan fingerprint density at radius 3 is 2.68 bits per heavy atom. The van der Waals surface area contributed by atoms with Crippen molar-refractivity contribution >= 4 is 26.8 Å². The molecule has 0 bridgehead atoms. The van der Waals surface area contributed by atoms with E-state index in [0.29, 0.717) is 18.4 Å². The molecule has 1 aromatic carbocycles. The third kappa shape index (κ3) is 3.58. The predicted molar refractivity (Wildman–Crippen MR) is 97.5 cm³/mol. The van der Waals surface area contributed by atoms with E-state index >= 15 is 0 Å². The van der Waals surface area contributed by atoms with Crippen LogP contribution < -0.4 is 4.72 Å². The highest BCUT2D eigenvalue weighted by molar-refractivity contribution is 7.90. The van der Waals surface area contributed by atoms with Gasteiger partial charge < -0.3 is 0 Å². The smallest absolute Gasteiger partial charge is 0.266 e. The fourth-order valence-electron chi connectivity index (χ4n) is 3.20. The Bertz CT molecular complexity index is 977. The van der Waals surface area contributed by atoms with E-state index < -0.39 is 15.9 Å². The van der Waals surface area contributed by atoms with Gasteiger partial charge in [-0.3, -0.25) is 9.78 Å². The fraction of sp³-hybridized carbons (Fsp3) is 0.368. The molecule has 0 radical (unpaired) electrons. The van der Waals surface area contributed by atoms with E-state index in [1.165, 1.54) is 17.2 Å². The number of sulfonamides is 1. The second kappa shape index (κ2) is 6.59. The first-order chi connectivity index (χ1) is 11.8. The zero-order valence-electron chi connectivity index (χ0n) is 14.7. The number of nitrogens with zero attached hydrogens (tertiary/aromatic N) is 1. The first-order valence-electron chi connectivity index (χ1n) is 8.35. The van der Waals surface area contributed by atoms with Crippen LogP contribution in [0.2, 0.25) is 0 Å². The summed E-state index contributed by atoms with van der Waals surface area (Å²) in [6, 6.07) is 6.84. The van der Waals surface area contributed by atoms with Crippen molar-refractivity contribution in [2.75, 3.05) is 0 Å². The minimum Gasteiger partial charge on any atom is -0.274 e. The van der Waals surface area contributed by atoms with Crippen molar-refractivity contribution in [3.05, 3.63) is 47.2 Å². The highest BCUT2D eigenvalue weighted by atomic mass is 32.2. The standard InChI is InChI=1S/C19H22N2O3S/c1-12-9-15-5-4-6-17(18(15)20-11-12)25(23,24)21-19(22)16-8-7-13(2)14(3)10-16/h4-6,9,11,16H,7-8,10H2,1-3H3,(H,21,22). The van der Waals surface area contributed by atoms with E-state index in [2.05, 4.69) is 16.6 Å². The second-order valence-corrected chi connectivity index (χ2v) is 8.46. The van der Waals surface area contributed by atoms with Crippen molar-refractivity contribution in [1.29, 1.82) is 0 Å². The molecule has 5 nitrogen and oxygen atoms in total. The van der Waals surface area contributed by atoms with Crippen LogP contribution >= 0.6 is 0 Å². The summed E-state index contributed by atoms with van der Waals surface area (Å²) in [7, 11) is -3.96. The van der Waals surface area contributed by atoms with Crippen LogP contribution in [0, 0.1) is 12.8 Å². The van der Waals surface area contributed by atoms with E-state index in [4.69, 9.17) is 0 Å². The van der Waals surface area contributed by atoms with E-state index in [9.17, 15) is 13.2 Å². The lowest BCUT2D eigenvalue weighted by atomic mass is 9.85. The van der Waals surface area contributed by atoms with Crippen LogP contribution in [0.5, 0.6) is 0 Å². The molecule has 132 valence electrons. The Morgan fingerprint density at radius 2 is 1.96 bits per heavy atom. The Hall–Kier alpha value is -2.21. The Kier molecular flexibility index (Phi) is 4.64. The molecule has 1 aromatic heterocycles. The van der Waals surface area contributed by atoms with E-state index in [-0.39, 0.29) is 10.8 Å². The Labute approximate surface area is 148 Å². The molecular weight excluding hydrogens is 336 g/mol. The zero-order valence-corrected chi connectivity index (χ0v) is 15.5. The maximum absolute atomic E-state index is 12.7. The summed E-state index contributed by atoms with van der Waals surface area (Å²) < 4.78 is 27.7. The number of carbonyl (C=O) groups excluding carboxylic acids is 1. The molecule has 1 amide bonds. The second-order valence-electron chi connectivity index (χ2n) is 6.81. The van der Waals surface area contributed by atoms with Gasteiger partial charge in [0.25, 0.3) is 10.0 Å². The molecule has 1 atom stereocenters. The van der Waals surface area contributed by atoms with Gasteiger partial charge in [0.1, 0.15) is 4.90 Å². The van der Waals surface area contributed by atoms with Gasteiger partial charge in [-0.1, -0.05) is 23.3 Å². The van der Waals surface area contributed by atoms with Gasteiger partial charge in [0.15, 0.2) is 0 Å². The van der Waals surface area contributed by atoms with Crippen LogP contribution in [-0.4, -0.2) is 19.3 Å². The number of amides is 1. The van der Waals surface area contributed by atoms with Gasteiger partial charge in [0, 0.05) is 17.5 Å². The average molecular weight is 358 g/mol. The molecule has 1 aliphatic carbocycles. The molecule has 1 heterocycles. The monoisotopic (exact) mass is 358 g/mol. The number of hydrogen-bond donors (Lipinski definition) is 1. The SMILES string of the molecule is CC1=C(C)CC(C(=O)NS(=O)(=O)c2cccc3cc(C)cnc23)CC1. The van der Waals surface area contributed by atoms with E-state index in [1.54, 1.807) is 12.3 Å². The lowest BCUT2D eigenvalue weighted by Gasteiger charge is -2.23. The predicted octanol–water partition coefficient (Wildman–Crippen LogP) is 3.48. The van der Waals surface area contributed by atoms with Gasteiger partial charge in [-0.25, -0.2) is 13.1 Å². The van der Waals surface area contributed by atoms with Crippen molar-refractivity contribution < 1.29 is 13.2 Å². The number of para-hydroxylation sites is 1. The van der Waals surface area contributed by atoms with Crippen molar-refractivity contribution in [1.82, 2.24) is 9.71 Å². The maximum atomic E-state index is 12.7. The van der Waals surface area contributed by atoms with E-state index in [0.717, 1.165) is 17.4 Å². The molecule has 2 aromatic rings. The summed E-state index contributed by atoms with van der Waals surface area (Å²) in [5.74, 6) is -0.736. The van der Waals surface area contributed by atoms with Crippen LogP contribution in [0.4, 0.5) is 0 Å².